The van der Waals surface area contributed by atoms with Gasteiger partial charge >= 0.3 is 0 Å². The van der Waals surface area contributed by atoms with Crippen molar-refractivity contribution in [2.45, 2.75) is 18.7 Å². The second kappa shape index (κ2) is 4.01. The van der Waals surface area contributed by atoms with Crippen LogP contribution in [0.2, 0.25) is 0 Å². The molecule has 1 unspecified atom stereocenters. The number of benzene rings is 1. The Labute approximate surface area is 85.1 Å². The molecule has 0 aliphatic rings. The topological polar surface area (TPSA) is 17.1 Å². The molecule has 1 aromatic carbocycles. The number of rotatable bonds is 2. The molecule has 1 nitrogen and oxygen atoms in total. The Morgan fingerprint density at radius 1 is 1.54 bits per heavy atom. The standard InChI is InChI=1S/C10H10BrFO/c1-6-5-8(3-4-9(6)12)10(13)7(2)11/h3-5,7H,1-2H3. The van der Waals surface area contributed by atoms with Gasteiger partial charge in [0.15, 0.2) is 5.78 Å². The largest absolute Gasteiger partial charge is 0.293 e. The van der Waals surface area contributed by atoms with Crippen LogP contribution in [0.15, 0.2) is 18.2 Å². The maximum Gasteiger partial charge on any atom is 0.176 e. The van der Waals surface area contributed by atoms with Gasteiger partial charge in [-0.3, -0.25) is 4.79 Å². The summed E-state index contributed by atoms with van der Waals surface area (Å²) in [5, 5.41) is 0. The van der Waals surface area contributed by atoms with E-state index in [1.54, 1.807) is 19.9 Å². The molecule has 0 spiro atoms. The van der Waals surface area contributed by atoms with Crippen LogP contribution in [0.3, 0.4) is 0 Å². The number of alkyl halides is 1. The SMILES string of the molecule is Cc1cc(C(=O)C(C)Br)ccc1F. The Balaban J connectivity index is 3.04. The van der Waals surface area contributed by atoms with E-state index in [0.29, 0.717) is 11.1 Å². The molecule has 0 saturated carbocycles. The van der Waals surface area contributed by atoms with Crippen LogP contribution in [0.5, 0.6) is 0 Å². The van der Waals surface area contributed by atoms with Crippen molar-refractivity contribution in [3.05, 3.63) is 35.1 Å². The van der Waals surface area contributed by atoms with Crippen molar-refractivity contribution in [1.82, 2.24) is 0 Å². The van der Waals surface area contributed by atoms with Crippen LogP contribution < -0.4 is 0 Å². The lowest BCUT2D eigenvalue weighted by Crippen LogP contribution is -2.10. The van der Waals surface area contributed by atoms with Crippen LogP contribution in [0.4, 0.5) is 4.39 Å². The molecule has 0 fully saturated rings. The van der Waals surface area contributed by atoms with Crippen molar-refractivity contribution < 1.29 is 9.18 Å². The van der Waals surface area contributed by atoms with Gasteiger partial charge in [0.25, 0.3) is 0 Å². The van der Waals surface area contributed by atoms with E-state index < -0.39 is 0 Å². The minimum absolute atomic E-state index is 0.0249. The average molecular weight is 245 g/mol. The van der Waals surface area contributed by atoms with E-state index in [4.69, 9.17) is 0 Å². The van der Waals surface area contributed by atoms with E-state index in [9.17, 15) is 9.18 Å². The number of hydrogen-bond acceptors (Lipinski definition) is 1. The molecule has 1 aromatic rings. The molecule has 0 bridgehead atoms. The van der Waals surface area contributed by atoms with Crippen molar-refractivity contribution in [3.8, 4) is 0 Å². The highest BCUT2D eigenvalue weighted by Crippen LogP contribution is 2.13. The highest BCUT2D eigenvalue weighted by molar-refractivity contribution is 9.10. The molecule has 0 N–H and O–H groups in total. The van der Waals surface area contributed by atoms with Crippen LogP contribution in [0.25, 0.3) is 0 Å². The summed E-state index contributed by atoms with van der Waals surface area (Å²) >= 11 is 3.18. The maximum atomic E-state index is 12.8. The molecule has 0 radical (unpaired) electrons. The lowest BCUT2D eigenvalue weighted by molar-refractivity contribution is 0.0995. The van der Waals surface area contributed by atoms with Crippen molar-refractivity contribution in [1.29, 1.82) is 0 Å². The third kappa shape index (κ3) is 2.37. The van der Waals surface area contributed by atoms with Crippen molar-refractivity contribution in [3.63, 3.8) is 0 Å². The van der Waals surface area contributed by atoms with E-state index in [1.165, 1.54) is 12.1 Å². The second-order valence-electron chi connectivity index (χ2n) is 2.94. The second-order valence-corrected chi connectivity index (χ2v) is 4.32. The summed E-state index contributed by atoms with van der Waals surface area (Å²) in [5.41, 5.74) is 1.04. The van der Waals surface area contributed by atoms with Crippen LogP contribution in [-0.4, -0.2) is 10.6 Å². The predicted molar refractivity (Wildman–Crippen MR) is 53.9 cm³/mol. The Morgan fingerprint density at radius 3 is 2.62 bits per heavy atom. The quantitative estimate of drug-likeness (QED) is 0.578. The first-order chi connectivity index (χ1) is 6.02. The molecule has 1 rings (SSSR count). The summed E-state index contributed by atoms with van der Waals surface area (Å²) in [6.45, 7) is 3.39. The fourth-order valence-electron chi connectivity index (χ4n) is 1.03. The van der Waals surface area contributed by atoms with Gasteiger partial charge < -0.3 is 0 Å². The highest BCUT2D eigenvalue weighted by atomic mass is 79.9. The lowest BCUT2D eigenvalue weighted by Gasteiger charge is -2.03. The van der Waals surface area contributed by atoms with Gasteiger partial charge in [0.1, 0.15) is 5.82 Å². The summed E-state index contributed by atoms with van der Waals surface area (Å²) in [5.74, 6) is -0.304. The van der Waals surface area contributed by atoms with Gasteiger partial charge in [-0.1, -0.05) is 15.9 Å². The van der Waals surface area contributed by atoms with Crippen LogP contribution in [-0.2, 0) is 0 Å². The Morgan fingerprint density at radius 2 is 2.15 bits per heavy atom. The summed E-state index contributed by atoms with van der Waals surface area (Å²) in [6.07, 6.45) is 0. The molecule has 0 aromatic heterocycles. The summed E-state index contributed by atoms with van der Waals surface area (Å²) < 4.78 is 12.8. The first-order valence-electron chi connectivity index (χ1n) is 3.97. The zero-order valence-electron chi connectivity index (χ0n) is 7.47. The van der Waals surface area contributed by atoms with Gasteiger partial charge in [-0.2, -0.15) is 0 Å². The Hall–Kier alpha value is -0.700. The van der Waals surface area contributed by atoms with Crippen LogP contribution >= 0.6 is 15.9 Å². The van der Waals surface area contributed by atoms with E-state index in [2.05, 4.69) is 15.9 Å². The monoisotopic (exact) mass is 244 g/mol. The molecule has 0 aliphatic heterocycles. The summed E-state index contributed by atoms with van der Waals surface area (Å²) in [7, 11) is 0. The normalized spacial score (nSPS) is 12.6. The zero-order valence-corrected chi connectivity index (χ0v) is 9.06. The average Bonchev–Trinajstić information content (AvgIpc) is 2.08. The van der Waals surface area contributed by atoms with Gasteiger partial charge in [0.2, 0.25) is 0 Å². The minimum Gasteiger partial charge on any atom is -0.293 e. The third-order valence-corrected chi connectivity index (χ3v) is 2.22. The molecule has 13 heavy (non-hydrogen) atoms. The van der Waals surface area contributed by atoms with Crippen LogP contribution in [0.1, 0.15) is 22.8 Å². The first kappa shape index (κ1) is 10.4. The molecule has 0 saturated heterocycles. The van der Waals surface area contributed by atoms with E-state index in [0.717, 1.165) is 0 Å². The van der Waals surface area contributed by atoms with Crippen LogP contribution in [0, 0.1) is 12.7 Å². The molecule has 1 atom stereocenters. The smallest absolute Gasteiger partial charge is 0.176 e. The van der Waals surface area contributed by atoms with Gasteiger partial charge in [0, 0.05) is 5.56 Å². The molecule has 0 amide bonds. The molecule has 3 heteroatoms. The lowest BCUT2D eigenvalue weighted by atomic mass is 10.1. The summed E-state index contributed by atoms with van der Waals surface area (Å²) in [6, 6.07) is 4.38. The number of carbonyl (C=O) groups is 1. The van der Waals surface area contributed by atoms with Gasteiger partial charge in [-0.25, -0.2) is 4.39 Å². The van der Waals surface area contributed by atoms with Crippen molar-refractivity contribution in [2.75, 3.05) is 0 Å². The predicted octanol–water partition coefficient (Wildman–Crippen LogP) is 3.10. The maximum absolute atomic E-state index is 12.8. The molecule has 0 heterocycles. The number of carbonyl (C=O) groups excluding carboxylic acids is 1. The molecular weight excluding hydrogens is 235 g/mol. The van der Waals surface area contributed by atoms with Crippen molar-refractivity contribution in [2.24, 2.45) is 0 Å². The zero-order chi connectivity index (χ0) is 10.0. The Bertz CT molecular complexity index is 334. The van der Waals surface area contributed by atoms with Gasteiger partial charge in [-0.15, -0.1) is 0 Å². The number of aryl methyl sites for hydroxylation is 1. The fraction of sp³-hybridized carbons (Fsp3) is 0.300. The van der Waals surface area contributed by atoms with Crippen molar-refractivity contribution >= 4 is 21.7 Å². The fourth-order valence-corrected chi connectivity index (χ4v) is 1.29. The number of ketones is 1. The molecule has 0 aliphatic carbocycles. The third-order valence-electron chi connectivity index (χ3n) is 1.80. The van der Waals surface area contributed by atoms with E-state index in [1.807, 2.05) is 0 Å². The number of halogens is 2. The molecule has 70 valence electrons. The minimum atomic E-state index is -0.279. The number of Topliss-reactive ketones (excluding diaryl/α,β-unsaturated/α-hetero) is 1. The van der Waals surface area contributed by atoms with E-state index >= 15 is 0 Å². The Kier molecular flexibility index (Phi) is 3.20. The van der Waals surface area contributed by atoms with Gasteiger partial charge in [-0.05, 0) is 37.6 Å². The number of hydrogen-bond donors (Lipinski definition) is 0. The van der Waals surface area contributed by atoms with E-state index in [-0.39, 0.29) is 16.4 Å². The van der Waals surface area contributed by atoms with Gasteiger partial charge in [0.05, 0.1) is 4.83 Å². The molecular formula is C10H10BrFO. The summed E-state index contributed by atoms with van der Waals surface area (Å²) in [4.78, 5) is 11.2. The highest BCUT2D eigenvalue weighted by Gasteiger charge is 2.12. The first-order valence-corrected chi connectivity index (χ1v) is 4.88.